The van der Waals surface area contributed by atoms with Crippen LogP contribution in [0.5, 0.6) is 0 Å². The third-order valence-electron chi connectivity index (χ3n) is 3.18. The topological polar surface area (TPSA) is 98.2 Å². The second-order valence-electron chi connectivity index (χ2n) is 4.58. The molecular formula is C13H19N3O2. The van der Waals surface area contributed by atoms with E-state index in [0.717, 1.165) is 5.56 Å². The van der Waals surface area contributed by atoms with Gasteiger partial charge in [-0.2, -0.15) is 0 Å². The van der Waals surface area contributed by atoms with Gasteiger partial charge in [-0.25, -0.2) is 0 Å². The highest BCUT2D eigenvalue weighted by Gasteiger charge is 2.31. The summed E-state index contributed by atoms with van der Waals surface area (Å²) in [6, 6.07) is 5.01. The molecule has 98 valence electrons. The Balaban J connectivity index is 2.95. The van der Waals surface area contributed by atoms with E-state index in [4.69, 9.17) is 11.5 Å². The number of rotatable bonds is 4. The second-order valence-corrected chi connectivity index (χ2v) is 4.58. The van der Waals surface area contributed by atoms with Gasteiger partial charge in [0, 0.05) is 11.3 Å². The Hall–Kier alpha value is -2.04. The third kappa shape index (κ3) is 2.80. The molecule has 0 aliphatic rings. The fourth-order valence-corrected chi connectivity index (χ4v) is 1.43. The third-order valence-corrected chi connectivity index (χ3v) is 3.18. The summed E-state index contributed by atoms with van der Waals surface area (Å²) in [5.74, 6) is -0.914. The van der Waals surface area contributed by atoms with Crippen LogP contribution in [-0.4, -0.2) is 17.4 Å². The van der Waals surface area contributed by atoms with Crippen molar-refractivity contribution in [3.05, 3.63) is 29.3 Å². The number of benzene rings is 1. The quantitative estimate of drug-likeness (QED) is 0.693. The summed E-state index contributed by atoms with van der Waals surface area (Å²) >= 11 is 0. The summed E-state index contributed by atoms with van der Waals surface area (Å²) in [6.07, 6.45) is 0.426. The van der Waals surface area contributed by atoms with Crippen molar-refractivity contribution >= 4 is 17.5 Å². The first-order valence-electron chi connectivity index (χ1n) is 5.78. The van der Waals surface area contributed by atoms with Gasteiger partial charge in [0.2, 0.25) is 5.91 Å². The molecule has 0 saturated heterocycles. The van der Waals surface area contributed by atoms with Crippen LogP contribution >= 0.6 is 0 Å². The number of amides is 2. The number of nitrogens with two attached hydrogens (primary N) is 2. The molecule has 0 saturated carbocycles. The molecule has 0 aromatic heterocycles. The smallest absolute Gasteiger partial charge is 0.252 e. The average molecular weight is 249 g/mol. The Kier molecular flexibility index (Phi) is 3.96. The van der Waals surface area contributed by atoms with E-state index in [9.17, 15) is 9.59 Å². The number of hydrogen-bond donors (Lipinski definition) is 3. The fourth-order valence-electron chi connectivity index (χ4n) is 1.43. The number of aryl methyl sites for hydroxylation is 1. The van der Waals surface area contributed by atoms with Crippen LogP contribution in [-0.2, 0) is 4.79 Å². The minimum absolute atomic E-state index is 0.357. The summed E-state index contributed by atoms with van der Waals surface area (Å²) in [5, 5.41) is 2.64. The number of carbonyl (C=O) groups excluding carboxylic acids is 2. The number of nitrogen functional groups attached to an aromatic ring is 1. The standard InChI is InChI=1S/C13H19N3O2/c1-4-13(3,12(15)18)16-11(17)9-6-5-8(2)10(14)7-9/h5-7H,4,14H2,1-3H3,(H2,15,18)(H,16,17). The maximum atomic E-state index is 12.0. The molecule has 1 aromatic carbocycles. The van der Waals surface area contributed by atoms with Crippen LogP contribution in [0.15, 0.2) is 18.2 Å². The van der Waals surface area contributed by atoms with Crippen LogP contribution in [0.1, 0.15) is 36.2 Å². The number of nitrogens with one attached hydrogen (secondary N) is 1. The molecule has 0 fully saturated rings. The number of hydrogen-bond acceptors (Lipinski definition) is 3. The van der Waals surface area contributed by atoms with Gasteiger partial charge < -0.3 is 16.8 Å². The predicted molar refractivity (Wildman–Crippen MR) is 70.9 cm³/mol. The lowest BCUT2D eigenvalue weighted by Crippen LogP contribution is -2.54. The van der Waals surface area contributed by atoms with Gasteiger partial charge in [0.15, 0.2) is 0 Å². The van der Waals surface area contributed by atoms with Gasteiger partial charge in [-0.15, -0.1) is 0 Å². The zero-order valence-electron chi connectivity index (χ0n) is 10.9. The molecule has 5 heteroatoms. The molecule has 5 N–H and O–H groups in total. The van der Waals surface area contributed by atoms with E-state index in [1.165, 1.54) is 0 Å². The molecule has 0 aliphatic heterocycles. The molecule has 5 nitrogen and oxygen atoms in total. The van der Waals surface area contributed by atoms with Crippen LogP contribution in [0.4, 0.5) is 5.69 Å². The Morgan fingerprint density at radius 1 is 1.39 bits per heavy atom. The van der Waals surface area contributed by atoms with Gasteiger partial charge >= 0.3 is 0 Å². The van der Waals surface area contributed by atoms with Crippen LogP contribution in [0.25, 0.3) is 0 Å². The lowest BCUT2D eigenvalue weighted by atomic mass is 9.97. The van der Waals surface area contributed by atoms with Crippen molar-refractivity contribution in [2.24, 2.45) is 5.73 Å². The molecule has 0 bridgehead atoms. The Labute approximate surface area is 107 Å². The van der Waals surface area contributed by atoms with E-state index in [1.807, 2.05) is 6.92 Å². The van der Waals surface area contributed by atoms with Crippen molar-refractivity contribution in [3.63, 3.8) is 0 Å². The zero-order chi connectivity index (χ0) is 13.9. The van der Waals surface area contributed by atoms with Crippen molar-refractivity contribution in [2.45, 2.75) is 32.7 Å². The number of primary amides is 1. The summed E-state index contributed by atoms with van der Waals surface area (Å²) in [4.78, 5) is 23.3. The van der Waals surface area contributed by atoms with Gasteiger partial charge in [0.25, 0.3) is 5.91 Å². The van der Waals surface area contributed by atoms with Crippen molar-refractivity contribution in [1.82, 2.24) is 5.32 Å². The van der Waals surface area contributed by atoms with Gasteiger partial charge in [-0.3, -0.25) is 9.59 Å². The minimum atomic E-state index is -1.04. The highest BCUT2D eigenvalue weighted by molar-refractivity contribution is 5.99. The molecule has 1 atom stereocenters. The van der Waals surface area contributed by atoms with Crippen molar-refractivity contribution < 1.29 is 9.59 Å². The SMILES string of the molecule is CCC(C)(NC(=O)c1ccc(C)c(N)c1)C(N)=O. The lowest BCUT2D eigenvalue weighted by molar-refractivity contribution is -0.123. The first kappa shape index (κ1) is 14.0. The van der Waals surface area contributed by atoms with Crippen molar-refractivity contribution in [2.75, 3.05) is 5.73 Å². The minimum Gasteiger partial charge on any atom is -0.398 e. The maximum Gasteiger partial charge on any atom is 0.252 e. The molecule has 0 aliphatic carbocycles. The largest absolute Gasteiger partial charge is 0.398 e. The van der Waals surface area contributed by atoms with Crippen molar-refractivity contribution in [1.29, 1.82) is 0 Å². The van der Waals surface area contributed by atoms with Gasteiger partial charge in [-0.05, 0) is 38.0 Å². The van der Waals surface area contributed by atoms with Crippen LogP contribution in [0.3, 0.4) is 0 Å². The molecule has 1 aromatic rings. The summed E-state index contributed by atoms with van der Waals surface area (Å²) in [7, 11) is 0. The average Bonchev–Trinajstić information content (AvgIpc) is 2.32. The zero-order valence-corrected chi connectivity index (χ0v) is 10.9. The van der Waals surface area contributed by atoms with Crippen LogP contribution < -0.4 is 16.8 Å². The van der Waals surface area contributed by atoms with E-state index in [0.29, 0.717) is 17.7 Å². The molecule has 1 rings (SSSR count). The molecule has 18 heavy (non-hydrogen) atoms. The second kappa shape index (κ2) is 5.08. The monoisotopic (exact) mass is 249 g/mol. The van der Waals surface area contributed by atoms with Gasteiger partial charge in [-0.1, -0.05) is 13.0 Å². The van der Waals surface area contributed by atoms with E-state index in [1.54, 1.807) is 32.0 Å². The molecular weight excluding hydrogens is 230 g/mol. The number of carbonyl (C=O) groups is 2. The summed E-state index contributed by atoms with van der Waals surface area (Å²) in [5.41, 5.74) is 11.8. The lowest BCUT2D eigenvalue weighted by Gasteiger charge is -2.25. The first-order chi connectivity index (χ1) is 8.30. The molecule has 0 radical (unpaired) electrons. The molecule has 0 heterocycles. The van der Waals surface area contributed by atoms with E-state index >= 15 is 0 Å². The Bertz CT molecular complexity index is 485. The summed E-state index contributed by atoms with van der Waals surface area (Å²) in [6.45, 7) is 5.25. The van der Waals surface area contributed by atoms with Crippen molar-refractivity contribution in [3.8, 4) is 0 Å². The summed E-state index contributed by atoms with van der Waals surface area (Å²) < 4.78 is 0. The van der Waals surface area contributed by atoms with E-state index in [-0.39, 0.29) is 5.91 Å². The molecule has 1 unspecified atom stereocenters. The van der Waals surface area contributed by atoms with E-state index in [2.05, 4.69) is 5.32 Å². The predicted octanol–water partition coefficient (Wildman–Crippen LogP) is 0.961. The van der Waals surface area contributed by atoms with Gasteiger partial charge in [0.1, 0.15) is 5.54 Å². The normalized spacial score (nSPS) is 13.7. The Morgan fingerprint density at radius 2 is 2.00 bits per heavy atom. The molecule has 2 amide bonds. The number of anilines is 1. The maximum absolute atomic E-state index is 12.0. The Morgan fingerprint density at radius 3 is 2.44 bits per heavy atom. The highest BCUT2D eigenvalue weighted by atomic mass is 16.2. The van der Waals surface area contributed by atoms with Crippen LogP contribution in [0.2, 0.25) is 0 Å². The highest BCUT2D eigenvalue weighted by Crippen LogP contribution is 2.15. The fraction of sp³-hybridized carbons (Fsp3) is 0.385. The molecule has 0 spiro atoms. The van der Waals surface area contributed by atoms with Crippen LogP contribution in [0, 0.1) is 6.92 Å². The van der Waals surface area contributed by atoms with Gasteiger partial charge in [0.05, 0.1) is 0 Å². The first-order valence-corrected chi connectivity index (χ1v) is 5.78. The van der Waals surface area contributed by atoms with E-state index < -0.39 is 11.4 Å².